The maximum Gasteiger partial charge on any atom is 0.251 e. The number of nitrogens with zero attached hydrogens (tertiary/aromatic N) is 1. The van der Waals surface area contributed by atoms with E-state index in [1.54, 1.807) is 28.6 Å². The van der Waals surface area contributed by atoms with E-state index in [9.17, 15) is 13.2 Å². The van der Waals surface area contributed by atoms with Gasteiger partial charge in [0.1, 0.15) is 0 Å². The van der Waals surface area contributed by atoms with Crippen molar-refractivity contribution in [2.45, 2.75) is 74.6 Å². The van der Waals surface area contributed by atoms with Crippen LogP contribution in [0.15, 0.2) is 29.2 Å². The van der Waals surface area contributed by atoms with Crippen molar-refractivity contribution in [1.29, 1.82) is 0 Å². The van der Waals surface area contributed by atoms with E-state index in [2.05, 4.69) is 5.32 Å². The second-order valence-corrected chi connectivity index (χ2v) is 11.9. The summed E-state index contributed by atoms with van der Waals surface area (Å²) in [4.78, 5) is 13.4. The number of sulfonamides is 1. The second-order valence-electron chi connectivity index (χ2n) is 10.00. The highest BCUT2D eigenvalue weighted by Crippen LogP contribution is 2.55. The van der Waals surface area contributed by atoms with Crippen LogP contribution in [0, 0.1) is 17.8 Å². The van der Waals surface area contributed by atoms with E-state index in [0.29, 0.717) is 18.7 Å². The van der Waals surface area contributed by atoms with Crippen LogP contribution >= 0.6 is 0 Å². The Balaban J connectivity index is 1.35. The smallest absolute Gasteiger partial charge is 0.251 e. The number of benzene rings is 1. The lowest BCUT2D eigenvalue weighted by atomic mass is 9.53. The molecule has 1 heterocycles. The molecule has 4 saturated carbocycles. The Hall–Kier alpha value is -1.40. The lowest BCUT2D eigenvalue weighted by Crippen LogP contribution is -2.59. The fourth-order valence-corrected chi connectivity index (χ4v) is 8.37. The maximum absolute atomic E-state index is 13.1. The van der Waals surface area contributed by atoms with Gasteiger partial charge in [0, 0.05) is 24.2 Å². The quantitative estimate of drug-likeness (QED) is 0.808. The van der Waals surface area contributed by atoms with Crippen molar-refractivity contribution in [1.82, 2.24) is 9.62 Å². The number of hydrogen-bond acceptors (Lipinski definition) is 3. The summed E-state index contributed by atoms with van der Waals surface area (Å²) in [6.07, 6.45) is 11.3. The van der Waals surface area contributed by atoms with Gasteiger partial charge in [0.15, 0.2) is 0 Å². The molecule has 29 heavy (non-hydrogen) atoms. The molecule has 1 N–H and O–H groups in total. The summed E-state index contributed by atoms with van der Waals surface area (Å²) < 4.78 is 27.8. The Kier molecular flexibility index (Phi) is 4.98. The van der Waals surface area contributed by atoms with Crippen molar-refractivity contribution in [3.63, 3.8) is 0 Å². The summed E-state index contributed by atoms with van der Waals surface area (Å²) in [5, 5.41) is 3.36. The molecule has 4 bridgehead atoms. The Morgan fingerprint density at radius 2 is 1.52 bits per heavy atom. The van der Waals surface area contributed by atoms with E-state index in [4.69, 9.17) is 0 Å². The Morgan fingerprint density at radius 1 is 0.931 bits per heavy atom. The van der Waals surface area contributed by atoms with E-state index < -0.39 is 10.0 Å². The van der Waals surface area contributed by atoms with Gasteiger partial charge in [0.2, 0.25) is 10.0 Å². The monoisotopic (exact) mass is 416 g/mol. The first-order valence-corrected chi connectivity index (χ1v) is 12.8. The molecule has 0 radical (unpaired) electrons. The highest BCUT2D eigenvalue weighted by molar-refractivity contribution is 7.89. The second kappa shape index (κ2) is 7.38. The SMILES string of the molecule is O=C(NC12CC3CC(CC(C3)C1)C2)c1cccc(S(=O)(=O)N2CCCCCC2)c1. The van der Waals surface area contributed by atoms with Crippen molar-refractivity contribution in [2.24, 2.45) is 17.8 Å². The fourth-order valence-electron chi connectivity index (χ4n) is 6.81. The zero-order chi connectivity index (χ0) is 20.1. The average Bonchev–Trinajstić information content (AvgIpc) is 2.97. The molecular formula is C23H32N2O3S. The fraction of sp³-hybridized carbons (Fsp3) is 0.696. The summed E-state index contributed by atoms with van der Waals surface area (Å²) >= 11 is 0. The normalized spacial score (nSPS) is 34.7. The van der Waals surface area contributed by atoms with Crippen LogP contribution in [-0.4, -0.2) is 37.3 Å². The molecule has 1 aromatic carbocycles. The summed E-state index contributed by atoms with van der Waals surface area (Å²) in [5.41, 5.74) is 0.405. The van der Waals surface area contributed by atoms with Gasteiger partial charge in [0.25, 0.3) is 5.91 Å². The minimum Gasteiger partial charge on any atom is -0.347 e. The van der Waals surface area contributed by atoms with Gasteiger partial charge in [-0.2, -0.15) is 4.31 Å². The van der Waals surface area contributed by atoms with Gasteiger partial charge in [-0.3, -0.25) is 4.79 Å². The number of carbonyl (C=O) groups is 1. The third-order valence-electron chi connectivity index (χ3n) is 7.72. The first-order valence-electron chi connectivity index (χ1n) is 11.4. The number of hydrogen-bond donors (Lipinski definition) is 1. The largest absolute Gasteiger partial charge is 0.347 e. The molecule has 4 aliphatic carbocycles. The van der Waals surface area contributed by atoms with Gasteiger partial charge in [0.05, 0.1) is 4.90 Å². The van der Waals surface area contributed by atoms with Crippen LogP contribution in [0.4, 0.5) is 0 Å². The van der Waals surface area contributed by atoms with Gasteiger partial charge in [-0.15, -0.1) is 0 Å². The molecule has 1 saturated heterocycles. The summed E-state index contributed by atoms with van der Waals surface area (Å²) in [5.74, 6) is 2.17. The van der Waals surface area contributed by atoms with Crippen LogP contribution in [0.1, 0.15) is 74.6 Å². The molecule has 6 rings (SSSR count). The van der Waals surface area contributed by atoms with Crippen molar-refractivity contribution in [2.75, 3.05) is 13.1 Å². The summed E-state index contributed by atoms with van der Waals surface area (Å²) in [6.45, 7) is 1.15. The molecule has 0 unspecified atom stereocenters. The molecule has 5 fully saturated rings. The minimum atomic E-state index is -3.54. The molecule has 6 heteroatoms. The highest BCUT2D eigenvalue weighted by atomic mass is 32.2. The predicted molar refractivity (Wildman–Crippen MR) is 112 cm³/mol. The van der Waals surface area contributed by atoms with E-state index in [0.717, 1.165) is 62.7 Å². The maximum atomic E-state index is 13.1. The molecule has 1 amide bonds. The van der Waals surface area contributed by atoms with Gasteiger partial charge in [-0.05, 0) is 87.3 Å². The Bertz CT molecular complexity index is 852. The molecule has 0 atom stereocenters. The average molecular weight is 417 g/mol. The minimum absolute atomic E-state index is 0.0640. The van der Waals surface area contributed by atoms with Crippen molar-refractivity contribution in [3.8, 4) is 0 Å². The standard InChI is InChI=1S/C23H32N2O3S/c26-22(24-23-14-17-10-18(15-23)12-19(11-17)16-23)20-6-5-7-21(13-20)29(27,28)25-8-3-1-2-4-9-25/h5-7,13,17-19H,1-4,8-12,14-16H2,(H,24,26). The Morgan fingerprint density at radius 3 is 2.10 bits per heavy atom. The van der Waals surface area contributed by atoms with E-state index in [1.165, 1.54) is 19.3 Å². The number of amides is 1. The molecule has 5 aliphatic rings. The zero-order valence-electron chi connectivity index (χ0n) is 17.1. The van der Waals surface area contributed by atoms with Crippen molar-refractivity contribution in [3.05, 3.63) is 29.8 Å². The topological polar surface area (TPSA) is 66.5 Å². The van der Waals surface area contributed by atoms with Gasteiger partial charge >= 0.3 is 0 Å². The molecule has 1 aliphatic heterocycles. The zero-order valence-corrected chi connectivity index (χ0v) is 17.9. The molecule has 0 aromatic heterocycles. The molecule has 158 valence electrons. The summed E-state index contributed by atoms with van der Waals surface area (Å²) in [7, 11) is -3.54. The first-order chi connectivity index (χ1) is 13.9. The Labute approximate surface area is 174 Å². The van der Waals surface area contributed by atoms with Gasteiger partial charge in [-0.25, -0.2) is 8.42 Å². The van der Waals surface area contributed by atoms with Crippen LogP contribution < -0.4 is 5.32 Å². The third-order valence-corrected chi connectivity index (χ3v) is 9.61. The summed E-state index contributed by atoms with van der Waals surface area (Å²) in [6, 6.07) is 6.66. The lowest BCUT2D eigenvalue weighted by molar-refractivity contribution is -0.0167. The first kappa shape index (κ1) is 19.6. The van der Waals surface area contributed by atoms with Crippen molar-refractivity contribution >= 4 is 15.9 Å². The predicted octanol–water partition coefficient (Wildman–Crippen LogP) is 3.95. The van der Waals surface area contributed by atoms with Crippen LogP contribution in [0.3, 0.4) is 0 Å². The van der Waals surface area contributed by atoms with E-state index in [-0.39, 0.29) is 16.3 Å². The lowest BCUT2D eigenvalue weighted by Gasteiger charge is -2.56. The van der Waals surface area contributed by atoms with E-state index in [1.807, 2.05) is 0 Å². The molecule has 5 nitrogen and oxygen atoms in total. The van der Waals surface area contributed by atoms with Crippen LogP contribution in [-0.2, 0) is 10.0 Å². The molecule has 0 spiro atoms. The van der Waals surface area contributed by atoms with Crippen LogP contribution in [0.25, 0.3) is 0 Å². The van der Waals surface area contributed by atoms with Crippen LogP contribution in [0.5, 0.6) is 0 Å². The van der Waals surface area contributed by atoms with Gasteiger partial charge in [-0.1, -0.05) is 18.9 Å². The molecular weight excluding hydrogens is 384 g/mol. The van der Waals surface area contributed by atoms with E-state index >= 15 is 0 Å². The number of rotatable bonds is 4. The molecule has 1 aromatic rings. The van der Waals surface area contributed by atoms with Crippen molar-refractivity contribution < 1.29 is 13.2 Å². The van der Waals surface area contributed by atoms with Crippen LogP contribution in [0.2, 0.25) is 0 Å². The number of nitrogens with one attached hydrogen (secondary N) is 1. The third kappa shape index (κ3) is 3.74. The highest BCUT2D eigenvalue weighted by Gasteiger charge is 2.51. The number of carbonyl (C=O) groups excluding carboxylic acids is 1. The van der Waals surface area contributed by atoms with Gasteiger partial charge < -0.3 is 5.32 Å².